The number of anilines is 1. The van der Waals surface area contributed by atoms with Gasteiger partial charge in [-0.25, -0.2) is 8.42 Å². The molecule has 3 aromatic carbocycles. The second kappa shape index (κ2) is 14.5. The quantitative estimate of drug-likeness (QED) is 0.280. The van der Waals surface area contributed by atoms with Gasteiger partial charge in [-0.1, -0.05) is 49.2 Å². The number of methoxy groups -OCH3 is 2. The van der Waals surface area contributed by atoms with E-state index in [0.717, 1.165) is 28.3 Å². The van der Waals surface area contributed by atoms with Gasteiger partial charge in [0.25, 0.3) is 10.0 Å². The molecule has 2 amide bonds. The van der Waals surface area contributed by atoms with Crippen LogP contribution in [0.3, 0.4) is 0 Å². The highest BCUT2D eigenvalue weighted by atomic mass is 32.2. The molecule has 0 saturated carbocycles. The van der Waals surface area contributed by atoms with Gasteiger partial charge >= 0.3 is 0 Å². The Morgan fingerprint density at radius 3 is 2.20 bits per heavy atom. The van der Waals surface area contributed by atoms with Crippen molar-refractivity contribution in [1.82, 2.24) is 10.2 Å². The number of ether oxygens (including phenoxy) is 2. The van der Waals surface area contributed by atoms with Crippen LogP contribution in [0, 0.1) is 6.92 Å². The van der Waals surface area contributed by atoms with Crippen molar-refractivity contribution in [1.29, 1.82) is 0 Å². The van der Waals surface area contributed by atoms with Crippen LogP contribution >= 0.6 is 0 Å². The highest BCUT2D eigenvalue weighted by Crippen LogP contribution is 2.28. The molecule has 9 nitrogen and oxygen atoms in total. The number of benzene rings is 3. The van der Waals surface area contributed by atoms with E-state index in [0.29, 0.717) is 18.0 Å². The number of unbranched alkanes of at least 4 members (excludes halogenated alkanes) is 1. The molecule has 0 fully saturated rings. The van der Waals surface area contributed by atoms with Crippen LogP contribution in [0.4, 0.5) is 5.69 Å². The molecular formula is C31H39N3O6S. The molecular weight excluding hydrogens is 542 g/mol. The van der Waals surface area contributed by atoms with E-state index in [1.807, 2.05) is 19.9 Å². The van der Waals surface area contributed by atoms with Crippen LogP contribution in [-0.2, 0) is 26.2 Å². The van der Waals surface area contributed by atoms with Gasteiger partial charge in [-0.05, 0) is 62.2 Å². The molecule has 0 saturated heterocycles. The molecule has 220 valence electrons. The predicted octanol–water partition coefficient (Wildman–Crippen LogP) is 4.54. The number of carbonyl (C=O) groups excluding carboxylic acids is 2. The van der Waals surface area contributed by atoms with E-state index < -0.39 is 28.5 Å². The fourth-order valence-corrected chi connectivity index (χ4v) is 5.62. The first kappa shape index (κ1) is 31.5. The molecule has 1 unspecified atom stereocenters. The van der Waals surface area contributed by atoms with E-state index >= 15 is 0 Å². The Bertz CT molecular complexity index is 1430. The first-order chi connectivity index (χ1) is 19.6. The number of nitrogens with zero attached hydrogens (tertiary/aromatic N) is 2. The van der Waals surface area contributed by atoms with Crippen LogP contribution in [0.1, 0.15) is 37.8 Å². The van der Waals surface area contributed by atoms with Crippen molar-refractivity contribution in [3.05, 3.63) is 83.9 Å². The molecule has 41 heavy (non-hydrogen) atoms. The zero-order valence-electron chi connectivity index (χ0n) is 24.3. The van der Waals surface area contributed by atoms with Crippen molar-refractivity contribution >= 4 is 27.5 Å². The predicted molar refractivity (Wildman–Crippen MR) is 160 cm³/mol. The third-order valence-electron chi connectivity index (χ3n) is 6.71. The molecule has 3 rings (SSSR count). The average Bonchev–Trinajstić information content (AvgIpc) is 2.98. The standard InChI is InChI=1S/C31H39N3O6S/c1-6-7-18-32-31(36)24(3)33(21-25-10-8-12-27(19-25)39-4)30(35)22-34(26-11-9-13-28(20-26)40-5)41(37,38)29-16-14-23(2)15-17-29/h8-17,19-20,24H,6-7,18,21-22H2,1-5H3,(H,32,36). The molecule has 0 aliphatic heterocycles. The third kappa shape index (κ3) is 8.23. The van der Waals surface area contributed by atoms with E-state index in [2.05, 4.69) is 5.32 Å². The fourth-order valence-electron chi connectivity index (χ4n) is 4.22. The summed E-state index contributed by atoms with van der Waals surface area (Å²) in [5.41, 5.74) is 1.90. The topological polar surface area (TPSA) is 105 Å². The third-order valence-corrected chi connectivity index (χ3v) is 8.50. The smallest absolute Gasteiger partial charge is 0.264 e. The Morgan fingerprint density at radius 1 is 0.927 bits per heavy atom. The van der Waals surface area contributed by atoms with Gasteiger partial charge in [-0.3, -0.25) is 13.9 Å². The summed E-state index contributed by atoms with van der Waals surface area (Å²) in [6.45, 7) is 5.57. The number of hydrogen-bond acceptors (Lipinski definition) is 6. The van der Waals surface area contributed by atoms with E-state index in [-0.39, 0.29) is 23.0 Å². The summed E-state index contributed by atoms with van der Waals surface area (Å²) in [4.78, 5) is 28.6. The van der Waals surface area contributed by atoms with E-state index in [1.54, 1.807) is 68.6 Å². The lowest BCUT2D eigenvalue weighted by Gasteiger charge is -2.32. The molecule has 0 aliphatic carbocycles. The number of hydrogen-bond donors (Lipinski definition) is 1. The minimum Gasteiger partial charge on any atom is -0.497 e. The van der Waals surface area contributed by atoms with Crippen LogP contribution in [0.15, 0.2) is 77.7 Å². The second-order valence-corrected chi connectivity index (χ2v) is 11.6. The summed E-state index contributed by atoms with van der Waals surface area (Å²) >= 11 is 0. The lowest BCUT2D eigenvalue weighted by atomic mass is 10.1. The van der Waals surface area contributed by atoms with Crippen molar-refractivity contribution in [3.8, 4) is 11.5 Å². The van der Waals surface area contributed by atoms with Gasteiger partial charge in [0.05, 0.1) is 24.8 Å². The molecule has 0 aromatic heterocycles. The Labute approximate surface area is 243 Å². The molecule has 0 spiro atoms. The highest BCUT2D eigenvalue weighted by molar-refractivity contribution is 7.92. The van der Waals surface area contributed by atoms with Crippen molar-refractivity contribution in [3.63, 3.8) is 0 Å². The summed E-state index contributed by atoms with van der Waals surface area (Å²) in [7, 11) is -1.13. The van der Waals surface area contributed by atoms with E-state index in [4.69, 9.17) is 9.47 Å². The minimum atomic E-state index is -4.16. The van der Waals surface area contributed by atoms with Gasteiger partial charge < -0.3 is 19.7 Å². The van der Waals surface area contributed by atoms with Crippen LogP contribution in [0.5, 0.6) is 11.5 Å². The summed E-state index contributed by atoms with van der Waals surface area (Å²) < 4.78 is 39.6. The van der Waals surface area contributed by atoms with Crippen LogP contribution in [0.2, 0.25) is 0 Å². The Balaban J connectivity index is 2.03. The lowest BCUT2D eigenvalue weighted by molar-refractivity contribution is -0.139. The SMILES string of the molecule is CCCCNC(=O)C(C)N(Cc1cccc(OC)c1)C(=O)CN(c1cccc(OC)c1)S(=O)(=O)c1ccc(C)cc1. The highest BCUT2D eigenvalue weighted by Gasteiger charge is 2.32. The number of rotatable bonds is 14. The maximum absolute atomic E-state index is 14.0. The molecule has 1 atom stereocenters. The zero-order valence-corrected chi connectivity index (χ0v) is 25.1. The number of sulfonamides is 1. The first-order valence-corrected chi connectivity index (χ1v) is 15.0. The normalized spacial score (nSPS) is 11.8. The molecule has 0 bridgehead atoms. The summed E-state index contributed by atoms with van der Waals surface area (Å²) in [6, 6.07) is 19.3. The number of amides is 2. The van der Waals surface area contributed by atoms with Crippen molar-refractivity contribution in [2.24, 2.45) is 0 Å². The van der Waals surface area contributed by atoms with Crippen molar-refractivity contribution in [2.75, 3.05) is 31.6 Å². The van der Waals surface area contributed by atoms with Gasteiger partial charge in [0.2, 0.25) is 11.8 Å². The maximum atomic E-state index is 14.0. The summed E-state index contributed by atoms with van der Waals surface area (Å²) in [6.07, 6.45) is 1.72. The minimum absolute atomic E-state index is 0.0448. The van der Waals surface area contributed by atoms with Crippen LogP contribution in [0.25, 0.3) is 0 Å². The van der Waals surface area contributed by atoms with Crippen LogP contribution < -0.4 is 19.1 Å². The molecule has 3 aromatic rings. The van der Waals surface area contributed by atoms with Crippen molar-refractivity contribution < 1.29 is 27.5 Å². The number of nitrogens with one attached hydrogen (secondary N) is 1. The molecule has 0 radical (unpaired) electrons. The molecule has 0 heterocycles. The fraction of sp³-hybridized carbons (Fsp3) is 0.355. The number of aryl methyl sites for hydroxylation is 1. The van der Waals surface area contributed by atoms with Gasteiger partial charge in [0, 0.05) is 19.2 Å². The number of carbonyl (C=O) groups is 2. The Morgan fingerprint density at radius 2 is 1.56 bits per heavy atom. The van der Waals surface area contributed by atoms with Gasteiger partial charge in [-0.2, -0.15) is 0 Å². The first-order valence-electron chi connectivity index (χ1n) is 13.5. The Hall–Kier alpha value is -4.05. The molecule has 0 aliphatic rings. The monoisotopic (exact) mass is 581 g/mol. The summed E-state index contributed by atoms with van der Waals surface area (Å²) in [5.74, 6) is 0.194. The lowest BCUT2D eigenvalue weighted by Crippen LogP contribution is -2.51. The second-order valence-electron chi connectivity index (χ2n) is 9.72. The Kier molecular flexibility index (Phi) is 11.2. The van der Waals surface area contributed by atoms with E-state index in [1.165, 1.54) is 24.1 Å². The molecule has 10 heteroatoms. The van der Waals surface area contributed by atoms with Gasteiger partial charge in [0.15, 0.2) is 0 Å². The maximum Gasteiger partial charge on any atom is 0.264 e. The van der Waals surface area contributed by atoms with E-state index in [9.17, 15) is 18.0 Å². The van der Waals surface area contributed by atoms with Gasteiger partial charge in [-0.15, -0.1) is 0 Å². The summed E-state index contributed by atoms with van der Waals surface area (Å²) in [5, 5.41) is 2.88. The van der Waals surface area contributed by atoms with Gasteiger partial charge in [0.1, 0.15) is 24.1 Å². The largest absolute Gasteiger partial charge is 0.497 e. The van der Waals surface area contributed by atoms with Crippen LogP contribution in [-0.4, -0.2) is 58.5 Å². The zero-order chi connectivity index (χ0) is 30.0. The van der Waals surface area contributed by atoms with Crippen molar-refractivity contribution in [2.45, 2.75) is 51.1 Å². The average molecular weight is 582 g/mol. The molecule has 1 N–H and O–H groups in total.